The van der Waals surface area contributed by atoms with E-state index in [9.17, 15) is 0 Å². The third-order valence-electron chi connectivity index (χ3n) is 2.21. The van der Waals surface area contributed by atoms with Crippen LogP contribution in [-0.2, 0) is 17.9 Å². The van der Waals surface area contributed by atoms with Crippen molar-refractivity contribution < 1.29 is 4.74 Å². The molecular formula is C12H20N2O. The lowest BCUT2D eigenvalue weighted by atomic mass is 10.1. The van der Waals surface area contributed by atoms with Crippen LogP contribution < -0.4 is 5.73 Å². The molecule has 0 bridgehead atoms. The molecule has 0 saturated carbocycles. The number of likely N-dealkylation sites (N-methyl/N-ethyl adjacent to an activating group) is 1. The third-order valence-corrected chi connectivity index (χ3v) is 2.21. The molecular weight excluding hydrogens is 188 g/mol. The number of hydrogen-bond donors (Lipinski definition) is 1. The van der Waals surface area contributed by atoms with Crippen molar-refractivity contribution in [2.75, 3.05) is 27.2 Å². The van der Waals surface area contributed by atoms with Crippen molar-refractivity contribution in [2.24, 2.45) is 5.73 Å². The molecule has 3 nitrogen and oxygen atoms in total. The summed E-state index contributed by atoms with van der Waals surface area (Å²) in [5.41, 5.74) is 7.88. The van der Waals surface area contributed by atoms with E-state index in [1.807, 2.05) is 26.2 Å². The largest absolute Gasteiger partial charge is 0.375 e. The van der Waals surface area contributed by atoms with E-state index in [-0.39, 0.29) is 0 Å². The van der Waals surface area contributed by atoms with E-state index in [1.54, 1.807) is 0 Å². The monoisotopic (exact) mass is 208 g/mol. The van der Waals surface area contributed by atoms with Crippen molar-refractivity contribution in [1.82, 2.24) is 4.90 Å². The predicted molar refractivity (Wildman–Crippen MR) is 62.5 cm³/mol. The lowest BCUT2D eigenvalue weighted by Gasteiger charge is -2.09. The number of nitrogens with two attached hydrogens (primary N) is 1. The van der Waals surface area contributed by atoms with Crippen LogP contribution in [0.25, 0.3) is 0 Å². The Bertz CT molecular complexity index is 269. The molecule has 15 heavy (non-hydrogen) atoms. The van der Waals surface area contributed by atoms with Crippen LogP contribution >= 0.6 is 0 Å². The number of nitrogens with zero attached hydrogens (tertiary/aromatic N) is 1. The molecule has 0 amide bonds. The van der Waals surface area contributed by atoms with E-state index in [1.165, 1.54) is 5.56 Å². The summed E-state index contributed by atoms with van der Waals surface area (Å²) in [6, 6.07) is 8.23. The lowest BCUT2D eigenvalue weighted by molar-refractivity contribution is 0.105. The Balaban J connectivity index is 2.25. The van der Waals surface area contributed by atoms with Gasteiger partial charge in [-0.3, -0.25) is 0 Å². The summed E-state index contributed by atoms with van der Waals surface area (Å²) in [5, 5.41) is 0. The Morgan fingerprint density at radius 2 is 1.73 bits per heavy atom. The Hall–Kier alpha value is -0.900. The third kappa shape index (κ3) is 4.93. The van der Waals surface area contributed by atoms with E-state index in [4.69, 9.17) is 10.5 Å². The van der Waals surface area contributed by atoms with Gasteiger partial charge in [0.1, 0.15) is 0 Å². The van der Waals surface area contributed by atoms with Crippen LogP contribution in [0.3, 0.4) is 0 Å². The minimum Gasteiger partial charge on any atom is -0.375 e. The second kappa shape index (κ2) is 6.56. The molecule has 3 heteroatoms. The fourth-order valence-corrected chi connectivity index (χ4v) is 1.21. The maximum atomic E-state index is 5.53. The highest BCUT2D eigenvalue weighted by atomic mass is 16.5. The SMILES string of the molecule is CN(C)CCOCc1ccc(CN)cc1. The zero-order valence-corrected chi connectivity index (χ0v) is 9.57. The van der Waals surface area contributed by atoms with Gasteiger partial charge in [0.05, 0.1) is 13.2 Å². The van der Waals surface area contributed by atoms with Crippen LogP contribution in [0.5, 0.6) is 0 Å². The van der Waals surface area contributed by atoms with Crippen LogP contribution in [-0.4, -0.2) is 32.1 Å². The highest BCUT2D eigenvalue weighted by Gasteiger charge is 1.95. The molecule has 0 heterocycles. The standard InChI is InChI=1S/C12H20N2O/c1-14(2)7-8-15-10-12-5-3-11(9-13)4-6-12/h3-6H,7-10,13H2,1-2H3. The van der Waals surface area contributed by atoms with Crippen LogP contribution in [0.15, 0.2) is 24.3 Å². The van der Waals surface area contributed by atoms with Gasteiger partial charge in [-0.1, -0.05) is 24.3 Å². The maximum absolute atomic E-state index is 5.53. The number of benzene rings is 1. The van der Waals surface area contributed by atoms with E-state index >= 15 is 0 Å². The molecule has 0 aromatic heterocycles. The molecule has 1 rings (SSSR count). The van der Waals surface area contributed by atoms with Gasteiger partial charge in [-0.15, -0.1) is 0 Å². The number of ether oxygens (including phenoxy) is 1. The van der Waals surface area contributed by atoms with Crippen LogP contribution in [0.1, 0.15) is 11.1 Å². The lowest BCUT2D eigenvalue weighted by Crippen LogP contribution is -2.17. The first-order chi connectivity index (χ1) is 7.22. The fraction of sp³-hybridized carbons (Fsp3) is 0.500. The molecule has 0 aliphatic heterocycles. The summed E-state index contributed by atoms with van der Waals surface area (Å²) in [4.78, 5) is 2.11. The first-order valence-corrected chi connectivity index (χ1v) is 5.22. The van der Waals surface area contributed by atoms with Crippen molar-refractivity contribution in [1.29, 1.82) is 0 Å². The second-order valence-electron chi connectivity index (χ2n) is 3.88. The van der Waals surface area contributed by atoms with Crippen LogP contribution in [0, 0.1) is 0 Å². The van der Waals surface area contributed by atoms with Gasteiger partial charge in [-0.2, -0.15) is 0 Å². The van der Waals surface area contributed by atoms with Gasteiger partial charge < -0.3 is 15.4 Å². The van der Waals surface area contributed by atoms with Gasteiger partial charge in [-0.25, -0.2) is 0 Å². The Morgan fingerprint density at radius 1 is 1.13 bits per heavy atom. The minimum atomic E-state index is 0.599. The molecule has 1 aromatic rings. The van der Waals surface area contributed by atoms with E-state index in [0.717, 1.165) is 18.7 Å². The summed E-state index contributed by atoms with van der Waals surface area (Å²) in [6.07, 6.45) is 0. The molecule has 0 fully saturated rings. The molecule has 0 atom stereocenters. The van der Waals surface area contributed by atoms with Gasteiger partial charge in [0.15, 0.2) is 0 Å². The van der Waals surface area contributed by atoms with E-state index in [2.05, 4.69) is 17.0 Å². The van der Waals surface area contributed by atoms with Gasteiger partial charge in [0, 0.05) is 13.1 Å². The van der Waals surface area contributed by atoms with Gasteiger partial charge in [-0.05, 0) is 25.2 Å². The first-order valence-electron chi connectivity index (χ1n) is 5.22. The van der Waals surface area contributed by atoms with Crippen molar-refractivity contribution in [2.45, 2.75) is 13.2 Å². The molecule has 0 spiro atoms. The average molecular weight is 208 g/mol. The van der Waals surface area contributed by atoms with E-state index < -0.39 is 0 Å². The Kier molecular flexibility index (Phi) is 5.32. The number of rotatable bonds is 6. The molecule has 0 radical (unpaired) electrons. The normalized spacial score (nSPS) is 10.9. The molecule has 84 valence electrons. The Labute approximate surface area is 91.8 Å². The van der Waals surface area contributed by atoms with Crippen molar-refractivity contribution in [3.63, 3.8) is 0 Å². The fourth-order valence-electron chi connectivity index (χ4n) is 1.21. The zero-order chi connectivity index (χ0) is 11.1. The predicted octanol–water partition coefficient (Wildman–Crippen LogP) is 1.22. The topological polar surface area (TPSA) is 38.5 Å². The highest BCUT2D eigenvalue weighted by Crippen LogP contribution is 2.04. The number of hydrogen-bond acceptors (Lipinski definition) is 3. The molecule has 0 aliphatic carbocycles. The minimum absolute atomic E-state index is 0.599. The van der Waals surface area contributed by atoms with Gasteiger partial charge in [0.2, 0.25) is 0 Å². The quantitative estimate of drug-likeness (QED) is 0.714. The summed E-state index contributed by atoms with van der Waals surface area (Å²) in [6.45, 7) is 3.01. The van der Waals surface area contributed by atoms with Crippen LogP contribution in [0.4, 0.5) is 0 Å². The summed E-state index contributed by atoms with van der Waals surface area (Å²) >= 11 is 0. The summed E-state index contributed by atoms with van der Waals surface area (Å²) in [5.74, 6) is 0. The van der Waals surface area contributed by atoms with Crippen molar-refractivity contribution in [3.8, 4) is 0 Å². The molecule has 0 saturated heterocycles. The van der Waals surface area contributed by atoms with E-state index in [0.29, 0.717) is 13.2 Å². The molecule has 0 unspecified atom stereocenters. The highest BCUT2D eigenvalue weighted by molar-refractivity contribution is 5.21. The van der Waals surface area contributed by atoms with Crippen molar-refractivity contribution in [3.05, 3.63) is 35.4 Å². The van der Waals surface area contributed by atoms with Gasteiger partial charge >= 0.3 is 0 Å². The zero-order valence-electron chi connectivity index (χ0n) is 9.57. The Morgan fingerprint density at radius 3 is 2.27 bits per heavy atom. The average Bonchev–Trinajstić information content (AvgIpc) is 2.25. The van der Waals surface area contributed by atoms with Gasteiger partial charge in [0.25, 0.3) is 0 Å². The molecule has 2 N–H and O–H groups in total. The molecule has 0 aliphatic rings. The second-order valence-corrected chi connectivity index (χ2v) is 3.88. The summed E-state index contributed by atoms with van der Waals surface area (Å²) in [7, 11) is 4.08. The first kappa shape index (κ1) is 12.2. The smallest absolute Gasteiger partial charge is 0.0717 e. The molecule has 1 aromatic carbocycles. The summed E-state index contributed by atoms with van der Waals surface area (Å²) < 4.78 is 5.53. The van der Waals surface area contributed by atoms with Crippen LogP contribution in [0.2, 0.25) is 0 Å². The maximum Gasteiger partial charge on any atom is 0.0717 e. The van der Waals surface area contributed by atoms with Crippen molar-refractivity contribution >= 4 is 0 Å².